The highest BCUT2D eigenvalue weighted by molar-refractivity contribution is 5.91. The van der Waals surface area contributed by atoms with Crippen molar-refractivity contribution in [3.63, 3.8) is 0 Å². The fourth-order valence-electron chi connectivity index (χ4n) is 2.45. The number of aryl methyl sites for hydroxylation is 2. The van der Waals surface area contributed by atoms with E-state index < -0.39 is 5.82 Å². The highest BCUT2D eigenvalue weighted by Gasteiger charge is 2.12. The number of H-pyrrole nitrogens is 1. The molecule has 0 bridgehead atoms. The zero-order valence-corrected chi connectivity index (χ0v) is 14.1. The lowest BCUT2D eigenvalue weighted by Gasteiger charge is -2.05. The summed E-state index contributed by atoms with van der Waals surface area (Å²) >= 11 is 0. The molecule has 25 heavy (non-hydrogen) atoms. The predicted molar refractivity (Wildman–Crippen MR) is 93.8 cm³/mol. The van der Waals surface area contributed by atoms with Crippen molar-refractivity contribution < 1.29 is 9.18 Å². The van der Waals surface area contributed by atoms with Gasteiger partial charge in [0.05, 0.1) is 12.1 Å². The van der Waals surface area contributed by atoms with Crippen molar-refractivity contribution in [2.24, 2.45) is 0 Å². The summed E-state index contributed by atoms with van der Waals surface area (Å²) in [5, 5.41) is 9.44. The van der Waals surface area contributed by atoms with Gasteiger partial charge in [0, 0.05) is 6.42 Å². The number of hydrogen-bond donors (Lipinski definition) is 2. The summed E-state index contributed by atoms with van der Waals surface area (Å²) < 4.78 is 13.8. The Labute approximate surface area is 145 Å². The smallest absolute Gasteiger partial charge is 0.232 e. The minimum absolute atomic E-state index is 0.0162. The molecule has 128 valence electrons. The third-order valence-electron chi connectivity index (χ3n) is 3.79. The molecule has 2 aromatic carbocycles. The Morgan fingerprint density at radius 1 is 1.12 bits per heavy atom. The van der Waals surface area contributed by atoms with Crippen molar-refractivity contribution in [2.45, 2.75) is 26.7 Å². The van der Waals surface area contributed by atoms with E-state index in [0.29, 0.717) is 18.1 Å². The monoisotopic (exact) mass is 338 g/mol. The van der Waals surface area contributed by atoms with Crippen LogP contribution in [0.15, 0.2) is 42.5 Å². The molecule has 1 aromatic heterocycles. The molecule has 0 spiro atoms. The van der Waals surface area contributed by atoms with Crippen molar-refractivity contribution in [3.05, 3.63) is 76.6 Å². The SMILES string of the molecule is Cc1ccc(Cc2nc(CC(=O)Nc3ccc(C)cc3F)n[nH]2)cc1. The number of nitrogens with zero attached hydrogens (tertiary/aromatic N) is 2. The van der Waals surface area contributed by atoms with Crippen molar-refractivity contribution in [1.29, 1.82) is 0 Å². The zero-order chi connectivity index (χ0) is 17.8. The first kappa shape index (κ1) is 16.8. The molecule has 0 aliphatic carbocycles. The third kappa shape index (κ3) is 4.50. The van der Waals surface area contributed by atoms with Crippen LogP contribution in [0.4, 0.5) is 10.1 Å². The maximum absolute atomic E-state index is 13.8. The molecular formula is C19H19FN4O. The zero-order valence-electron chi connectivity index (χ0n) is 14.1. The first-order valence-corrected chi connectivity index (χ1v) is 8.01. The van der Waals surface area contributed by atoms with Crippen molar-refractivity contribution >= 4 is 11.6 Å². The van der Waals surface area contributed by atoms with Crippen LogP contribution in [-0.4, -0.2) is 21.1 Å². The highest BCUT2D eigenvalue weighted by atomic mass is 19.1. The number of halogens is 1. The summed E-state index contributed by atoms with van der Waals surface area (Å²) in [5.74, 6) is 0.257. The van der Waals surface area contributed by atoms with E-state index in [4.69, 9.17) is 0 Å². The average molecular weight is 338 g/mol. The van der Waals surface area contributed by atoms with Crippen LogP contribution in [0.2, 0.25) is 0 Å². The second-order valence-electron chi connectivity index (χ2n) is 6.07. The summed E-state index contributed by atoms with van der Waals surface area (Å²) in [6.45, 7) is 3.82. The van der Waals surface area contributed by atoms with Crippen LogP contribution in [0.3, 0.4) is 0 Å². The number of nitrogens with one attached hydrogen (secondary N) is 2. The van der Waals surface area contributed by atoms with Gasteiger partial charge in [-0.05, 0) is 37.1 Å². The molecule has 1 heterocycles. The summed E-state index contributed by atoms with van der Waals surface area (Å²) in [4.78, 5) is 16.4. The number of benzene rings is 2. The van der Waals surface area contributed by atoms with Crippen molar-refractivity contribution in [3.8, 4) is 0 Å². The Kier molecular flexibility index (Phi) is 4.88. The number of carbonyl (C=O) groups is 1. The lowest BCUT2D eigenvalue weighted by molar-refractivity contribution is -0.115. The van der Waals surface area contributed by atoms with Gasteiger partial charge in [-0.15, -0.1) is 0 Å². The number of carbonyl (C=O) groups excluding carboxylic acids is 1. The second kappa shape index (κ2) is 7.25. The van der Waals surface area contributed by atoms with E-state index in [9.17, 15) is 9.18 Å². The largest absolute Gasteiger partial charge is 0.323 e. The van der Waals surface area contributed by atoms with Gasteiger partial charge >= 0.3 is 0 Å². The first-order valence-electron chi connectivity index (χ1n) is 8.01. The van der Waals surface area contributed by atoms with Gasteiger partial charge in [-0.2, -0.15) is 5.10 Å². The van der Waals surface area contributed by atoms with E-state index in [2.05, 4.69) is 20.5 Å². The molecular weight excluding hydrogens is 319 g/mol. The molecule has 6 heteroatoms. The van der Waals surface area contributed by atoms with E-state index >= 15 is 0 Å². The topological polar surface area (TPSA) is 70.7 Å². The highest BCUT2D eigenvalue weighted by Crippen LogP contribution is 2.15. The minimum Gasteiger partial charge on any atom is -0.323 e. The number of aromatic amines is 1. The summed E-state index contributed by atoms with van der Waals surface area (Å²) in [6.07, 6.45) is 0.596. The van der Waals surface area contributed by atoms with Crippen molar-refractivity contribution in [2.75, 3.05) is 5.32 Å². The van der Waals surface area contributed by atoms with Crippen LogP contribution in [0, 0.1) is 19.7 Å². The molecule has 0 atom stereocenters. The third-order valence-corrected chi connectivity index (χ3v) is 3.79. The van der Waals surface area contributed by atoms with Gasteiger partial charge in [-0.1, -0.05) is 35.9 Å². The van der Waals surface area contributed by atoms with E-state index in [1.807, 2.05) is 31.2 Å². The Morgan fingerprint density at radius 2 is 1.84 bits per heavy atom. The van der Waals surface area contributed by atoms with Gasteiger partial charge in [0.2, 0.25) is 5.91 Å². The fraction of sp³-hybridized carbons (Fsp3) is 0.211. The van der Waals surface area contributed by atoms with Gasteiger partial charge in [0.15, 0.2) is 5.82 Å². The van der Waals surface area contributed by atoms with Gasteiger partial charge < -0.3 is 5.32 Å². The van der Waals surface area contributed by atoms with Gasteiger partial charge in [-0.25, -0.2) is 9.37 Å². The van der Waals surface area contributed by atoms with Gasteiger partial charge in [0.1, 0.15) is 11.6 Å². The summed E-state index contributed by atoms with van der Waals surface area (Å²) in [6, 6.07) is 12.8. The van der Waals surface area contributed by atoms with Crippen LogP contribution in [0.1, 0.15) is 28.3 Å². The first-order chi connectivity index (χ1) is 12.0. The Hall–Kier alpha value is -3.02. The number of amides is 1. The maximum atomic E-state index is 13.8. The molecule has 2 N–H and O–H groups in total. The molecule has 0 saturated heterocycles. The molecule has 0 radical (unpaired) electrons. The second-order valence-corrected chi connectivity index (χ2v) is 6.07. The van der Waals surface area contributed by atoms with Crippen LogP contribution < -0.4 is 5.32 Å². The number of hydrogen-bond acceptors (Lipinski definition) is 3. The molecule has 0 unspecified atom stereocenters. The van der Waals surface area contributed by atoms with E-state index in [1.54, 1.807) is 19.1 Å². The molecule has 0 aliphatic rings. The van der Waals surface area contributed by atoms with E-state index in [1.165, 1.54) is 11.6 Å². The van der Waals surface area contributed by atoms with E-state index in [0.717, 1.165) is 11.1 Å². The Morgan fingerprint density at radius 3 is 2.56 bits per heavy atom. The average Bonchev–Trinajstić information content (AvgIpc) is 2.99. The molecule has 1 amide bonds. The van der Waals surface area contributed by atoms with Gasteiger partial charge in [0.25, 0.3) is 0 Å². The normalized spacial score (nSPS) is 10.7. The molecule has 0 saturated carbocycles. The number of aromatic nitrogens is 3. The van der Waals surface area contributed by atoms with Crippen LogP contribution in [-0.2, 0) is 17.6 Å². The molecule has 3 aromatic rings. The number of anilines is 1. The maximum Gasteiger partial charge on any atom is 0.232 e. The van der Waals surface area contributed by atoms with Crippen molar-refractivity contribution in [1.82, 2.24) is 15.2 Å². The molecule has 5 nitrogen and oxygen atoms in total. The quantitative estimate of drug-likeness (QED) is 0.749. The summed E-state index contributed by atoms with van der Waals surface area (Å²) in [5.41, 5.74) is 3.26. The minimum atomic E-state index is -0.455. The molecule has 3 rings (SSSR count). The fourth-order valence-corrected chi connectivity index (χ4v) is 2.45. The Bertz CT molecular complexity index is 887. The lowest BCUT2D eigenvalue weighted by atomic mass is 10.1. The molecule has 0 aliphatic heterocycles. The Balaban J connectivity index is 1.60. The lowest BCUT2D eigenvalue weighted by Crippen LogP contribution is -2.16. The standard InChI is InChI=1S/C19H19FN4O/c1-12-3-6-14(7-4-12)10-17-22-18(24-23-17)11-19(25)21-16-8-5-13(2)9-15(16)20/h3-9H,10-11H2,1-2H3,(H,21,25)(H,22,23,24). The van der Waals surface area contributed by atoms with Crippen LogP contribution in [0.5, 0.6) is 0 Å². The molecule has 0 fully saturated rings. The van der Waals surface area contributed by atoms with Crippen LogP contribution in [0.25, 0.3) is 0 Å². The predicted octanol–water partition coefficient (Wildman–Crippen LogP) is 3.33. The summed E-state index contributed by atoms with van der Waals surface area (Å²) in [7, 11) is 0. The van der Waals surface area contributed by atoms with Crippen LogP contribution >= 0.6 is 0 Å². The van der Waals surface area contributed by atoms with E-state index in [-0.39, 0.29) is 18.0 Å². The van der Waals surface area contributed by atoms with Gasteiger partial charge in [-0.3, -0.25) is 9.89 Å². The number of rotatable bonds is 5.